The number of rotatable bonds is 3. The molecule has 0 saturated carbocycles. The van der Waals surface area contributed by atoms with Crippen LogP contribution in [0.25, 0.3) is 22.6 Å². The van der Waals surface area contributed by atoms with Gasteiger partial charge in [-0.1, -0.05) is 41.9 Å². The molecule has 0 amide bonds. The lowest BCUT2D eigenvalue weighted by atomic mass is 10.1. The Bertz CT molecular complexity index is 727. The highest BCUT2D eigenvalue weighted by molar-refractivity contribution is 6.30. The molecule has 2 aromatic carbocycles. The van der Waals surface area contributed by atoms with Gasteiger partial charge in [-0.15, -0.1) is 0 Å². The van der Waals surface area contributed by atoms with E-state index in [1.54, 1.807) is 18.2 Å². The van der Waals surface area contributed by atoms with E-state index in [1.165, 1.54) is 0 Å². The van der Waals surface area contributed by atoms with E-state index < -0.39 is 0 Å². The highest BCUT2D eigenvalue weighted by Crippen LogP contribution is 2.32. The third kappa shape index (κ3) is 2.38. The molecule has 3 aromatic rings. The molecule has 0 atom stereocenters. The summed E-state index contributed by atoms with van der Waals surface area (Å²) in [6.07, 6.45) is 0.805. The van der Waals surface area contributed by atoms with Gasteiger partial charge in [-0.3, -0.25) is 4.79 Å². The average Bonchev–Trinajstić information content (AvgIpc) is 2.93. The second-order valence-electron chi connectivity index (χ2n) is 4.39. The minimum atomic E-state index is 0.533. The summed E-state index contributed by atoms with van der Waals surface area (Å²) in [7, 11) is 0. The molecule has 0 unspecified atom stereocenters. The van der Waals surface area contributed by atoms with Crippen LogP contribution in [0.2, 0.25) is 5.02 Å². The molecule has 1 heterocycles. The number of aldehydes is 1. The molecule has 1 aromatic heterocycles. The Hall–Kier alpha value is -2.32. The van der Waals surface area contributed by atoms with Crippen molar-refractivity contribution >= 4 is 17.9 Å². The third-order valence-electron chi connectivity index (χ3n) is 3.05. The summed E-state index contributed by atoms with van der Waals surface area (Å²) in [4.78, 5) is 11.2. The van der Waals surface area contributed by atoms with Crippen LogP contribution < -0.4 is 0 Å². The standard InChI is InChI=1S/C17H11ClO2/c18-15-8-6-13(7-9-15)17-14(11-19)10-16(20-17)12-4-2-1-3-5-12/h1-11H. The van der Waals surface area contributed by atoms with Gasteiger partial charge in [-0.05, 0) is 30.3 Å². The van der Waals surface area contributed by atoms with E-state index in [-0.39, 0.29) is 0 Å². The smallest absolute Gasteiger partial charge is 0.153 e. The summed E-state index contributed by atoms with van der Waals surface area (Å²) in [6.45, 7) is 0. The second kappa shape index (κ2) is 5.35. The summed E-state index contributed by atoms with van der Waals surface area (Å²) in [5, 5.41) is 0.649. The van der Waals surface area contributed by atoms with Crippen molar-refractivity contribution in [2.45, 2.75) is 0 Å². The van der Waals surface area contributed by atoms with Gasteiger partial charge in [-0.25, -0.2) is 0 Å². The molecule has 20 heavy (non-hydrogen) atoms. The first-order chi connectivity index (χ1) is 9.78. The Morgan fingerprint density at radius 2 is 1.60 bits per heavy atom. The van der Waals surface area contributed by atoms with E-state index in [0.29, 0.717) is 22.1 Å². The molecule has 3 rings (SSSR count). The SMILES string of the molecule is O=Cc1cc(-c2ccccc2)oc1-c1ccc(Cl)cc1. The summed E-state index contributed by atoms with van der Waals surface area (Å²) in [5.74, 6) is 1.24. The lowest BCUT2D eigenvalue weighted by Gasteiger charge is -1.99. The molecule has 3 heteroatoms. The zero-order valence-corrected chi connectivity index (χ0v) is 11.3. The lowest BCUT2D eigenvalue weighted by Crippen LogP contribution is -1.80. The zero-order valence-electron chi connectivity index (χ0n) is 10.5. The van der Waals surface area contributed by atoms with Gasteiger partial charge in [0, 0.05) is 16.1 Å². The fourth-order valence-electron chi connectivity index (χ4n) is 2.06. The van der Waals surface area contributed by atoms with Crippen LogP contribution in [0.3, 0.4) is 0 Å². The first-order valence-electron chi connectivity index (χ1n) is 6.18. The maximum atomic E-state index is 11.2. The molecule has 0 fully saturated rings. The summed E-state index contributed by atoms with van der Waals surface area (Å²) < 4.78 is 5.84. The molecule has 0 saturated heterocycles. The van der Waals surface area contributed by atoms with Crippen molar-refractivity contribution in [1.29, 1.82) is 0 Å². The van der Waals surface area contributed by atoms with Gasteiger partial charge in [0.05, 0.1) is 5.56 Å². The minimum Gasteiger partial charge on any atom is -0.455 e. The lowest BCUT2D eigenvalue weighted by molar-refractivity contribution is 0.112. The molecule has 98 valence electrons. The van der Waals surface area contributed by atoms with Crippen LogP contribution in [0.15, 0.2) is 65.1 Å². The van der Waals surface area contributed by atoms with Crippen LogP contribution in [0.1, 0.15) is 10.4 Å². The summed E-state index contributed by atoms with van der Waals surface area (Å²) in [5.41, 5.74) is 2.31. The number of halogens is 1. The summed E-state index contributed by atoms with van der Waals surface area (Å²) in [6, 6.07) is 18.7. The maximum absolute atomic E-state index is 11.2. The molecular formula is C17H11ClO2. The molecule has 0 radical (unpaired) electrons. The second-order valence-corrected chi connectivity index (χ2v) is 4.82. The number of carbonyl (C=O) groups excluding carboxylic acids is 1. The zero-order chi connectivity index (χ0) is 13.9. The summed E-state index contributed by atoms with van der Waals surface area (Å²) >= 11 is 5.87. The van der Waals surface area contributed by atoms with E-state index in [2.05, 4.69) is 0 Å². The average molecular weight is 283 g/mol. The van der Waals surface area contributed by atoms with E-state index >= 15 is 0 Å². The normalized spacial score (nSPS) is 10.4. The van der Waals surface area contributed by atoms with Crippen LogP contribution in [0, 0.1) is 0 Å². The molecule has 0 bridgehead atoms. The van der Waals surface area contributed by atoms with Crippen LogP contribution in [0.4, 0.5) is 0 Å². The number of carbonyl (C=O) groups is 1. The van der Waals surface area contributed by atoms with Crippen molar-refractivity contribution in [3.63, 3.8) is 0 Å². The Labute approximate surface area is 121 Å². The number of hydrogen-bond donors (Lipinski definition) is 0. The Kier molecular flexibility index (Phi) is 3.40. The van der Waals surface area contributed by atoms with Crippen molar-refractivity contribution in [2.24, 2.45) is 0 Å². The highest BCUT2D eigenvalue weighted by Gasteiger charge is 2.13. The highest BCUT2D eigenvalue weighted by atomic mass is 35.5. The fraction of sp³-hybridized carbons (Fsp3) is 0. The third-order valence-corrected chi connectivity index (χ3v) is 3.30. The topological polar surface area (TPSA) is 30.2 Å². The van der Waals surface area contributed by atoms with Gasteiger partial charge in [-0.2, -0.15) is 0 Å². The molecular weight excluding hydrogens is 272 g/mol. The van der Waals surface area contributed by atoms with Crippen LogP contribution in [0.5, 0.6) is 0 Å². The maximum Gasteiger partial charge on any atom is 0.153 e. The molecule has 0 spiro atoms. The Morgan fingerprint density at radius 1 is 0.900 bits per heavy atom. The first kappa shape index (κ1) is 12.7. The van der Waals surface area contributed by atoms with Crippen molar-refractivity contribution in [2.75, 3.05) is 0 Å². The molecule has 0 N–H and O–H groups in total. The van der Waals surface area contributed by atoms with E-state index in [1.807, 2.05) is 42.5 Å². The van der Waals surface area contributed by atoms with Crippen LogP contribution >= 0.6 is 11.6 Å². The number of furan rings is 1. The van der Waals surface area contributed by atoms with Crippen molar-refractivity contribution in [3.8, 4) is 22.6 Å². The largest absolute Gasteiger partial charge is 0.455 e. The van der Waals surface area contributed by atoms with Crippen molar-refractivity contribution in [1.82, 2.24) is 0 Å². The number of benzene rings is 2. The van der Waals surface area contributed by atoms with Crippen molar-refractivity contribution < 1.29 is 9.21 Å². The fourth-order valence-corrected chi connectivity index (χ4v) is 2.19. The molecule has 0 aliphatic heterocycles. The predicted octanol–water partition coefficient (Wildman–Crippen LogP) is 5.08. The van der Waals surface area contributed by atoms with Gasteiger partial charge >= 0.3 is 0 Å². The van der Waals surface area contributed by atoms with Crippen LogP contribution in [-0.2, 0) is 0 Å². The number of hydrogen-bond acceptors (Lipinski definition) is 2. The van der Waals surface area contributed by atoms with E-state index in [4.69, 9.17) is 16.0 Å². The van der Waals surface area contributed by atoms with Crippen LogP contribution in [-0.4, -0.2) is 6.29 Å². The van der Waals surface area contributed by atoms with Crippen molar-refractivity contribution in [3.05, 3.63) is 71.2 Å². The van der Waals surface area contributed by atoms with E-state index in [9.17, 15) is 4.79 Å². The predicted molar refractivity (Wildman–Crippen MR) is 80.0 cm³/mol. The monoisotopic (exact) mass is 282 g/mol. The van der Waals surface area contributed by atoms with Gasteiger partial charge in [0.1, 0.15) is 11.5 Å². The Balaban J connectivity index is 2.10. The van der Waals surface area contributed by atoms with Gasteiger partial charge < -0.3 is 4.42 Å². The first-order valence-corrected chi connectivity index (χ1v) is 6.56. The van der Waals surface area contributed by atoms with Gasteiger partial charge in [0.2, 0.25) is 0 Å². The molecule has 0 aliphatic rings. The molecule has 0 aliphatic carbocycles. The van der Waals surface area contributed by atoms with Gasteiger partial charge in [0.25, 0.3) is 0 Å². The van der Waals surface area contributed by atoms with E-state index in [0.717, 1.165) is 17.4 Å². The molecule has 2 nitrogen and oxygen atoms in total. The quantitative estimate of drug-likeness (QED) is 0.627. The minimum absolute atomic E-state index is 0.533. The van der Waals surface area contributed by atoms with Gasteiger partial charge in [0.15, 0.2) is 6.29 Å². The Morgan fingerprint density at radius 3 is 2.25 bits per heavy atom.